The largest absolute Gasteiger partial charge is 0.337 e. The molecule has 0 fully saturated rings. The molecule has 0 bridgehead atoms. The maximum Gasteiger partial charge on any atom is 0.254 e. The first-order chi connectivity index (χ1) is 13.6. The van der Waals surface area contributed by atoms with E-state index in [0.717, 1.165) is 31.5 Å². The van der Waals surface area contributed by atoms with Gasteiger partial charge in [-0.25, -0.2) is 9.67 Å². The van der Waals surface area contributed by atoms with Gasteiger partial charge >= 0.3 is 0 Å². The number of carbonyl (C=O) groups excluding carboxylic acids is 1. The smallest absolute Gasteiger partial charge is 0.254 e. The number of rotatable bonds is 5. The summed E-state index contributed by atoms with van der Waals surface area (Å²) in [7, 11) is 1.80. The number of benzene rings is 1. The van der Waals surface area contributed by atoms with Crippen LogP contribution in [0.5, 0.6) is 0 Å². The van der Waals surface area contributed by atoms with Crippen LogP contribution >= 0.6 is 22.9 Å². The van der Waals surface area contributed by atoms with Crippen LogP contribution in [0, 0.1) is 0 Å². The van der Waals surface area contributed by atoms with Crippen LogP contribution in [0.1, 0.15) is 22.2 Å². The van der Waals surface area contributed by atoms with Crippen molar-refractivity contribution in [3.63, 3.8) is 0 Å². The number of aryl methyl sites for hydroxylation is 1. The van der Waals surface area contributed by atoms with E-state index in [9.17, 15) is 4.79 Å². The lowest BCUT2D eigenvalue weighted by molar-refractivity contribution is 0.0788. The molecule has 0 aliphatic rings. The van der Waals surface area contributed by atoms with Crippen LogP contribution in [0.3, 0.4) is 0 Å². The van der Waals surface area contributed by atoms with E-state index in [-0.39, 0.29) is 5.91 Å². The number of nitrogens with zero attached hydrogens (tertiary/aromatic N) is 4. The van der Waals surface area contributed by atoms with Gasteiger partial charge in [0.2, 0.25) is 0 Å². The van der Waals surface area contributed by atoms with Crippen molar-refractivity contribution in [2.24, 2.45) is 0 Å². The summed E-state index contributed by atoms with van der Waals surface area (Å²) in [6.07, 6.45) is 1.73. The first-order valence-corrected chi connectivity index (χ1v) is 10.2. The van der Waals surface area contributed by atoms with Crippen LogP contribution in [-0.4, -0.2) is 32.6 Å². The van der Waals surface area contributed by atoms with Gasteiger partial charge in [0.1, 0.15) is 0 Å². The van der Waals surface area contributed by atoms with Crippen LogP contribution in [0.25, 0.3) is 22.3 Å². The second-order valence-corrected chi connectivity index (χ2v) is 8.29. The van der Waals surface area contributed by atoms with Crippen LogP contribution in [0.2, 0.25) is 4.34 Å². The second-order valence-electron chi connectivity index (χ2n) is 6.49. The minimum Gasteiger partial charge on any atom is -0.337 e. The lowest BCUT2D eigenvalue weighted by Gasteiger charge is -2.17. The van der Waals surface area contributed by atoms with Crippen molar-refractivity contribution >= 4 is 39.9 Å². The normalized spacial score (nSPS) is 11.1. The number of halogens is 1. The monoisotopic (exact) mass is 410 g/mol. The van der Waals surface area contributed by atoms with Gasteiger partial charge in [0.25, 0.3) is 5.91 Å². The van der Waals surface area contributed by atoms with Crippen LogP contribution in [0.4, 0.5) is 0 Å². The maximum absolute atomic E-state index is 13.3. The van der Waals surface area contributed by atoms with Gasteiger partial charge < -0.3 is 4.90 Å². The molecule has 28 heavy (non-hydrogen) atoms. The molecule has 0 N–H and O–H groups in total. The zero-order chi connectivity index (χ0) is 19.7. The Balaban J connectivity index is 1.78. The summed E-state index contributed by atoms with van der Waals surface area (Å²) in [5.41, 5.74) is 3.06. The van der Waals surface area contributed by atoms with Crippen molar-refractivity contribution in [1.29, 1.82) is 0 Å². The van der Waals surface area contributed by atoms with Gasteiger partial charge in [-0.15, -0.1) is 11.3 Å². The quantitative estimate of drug-likeness (QED) is 0.459. The molecule has 0 radical (unpaired) electrons. The van der Waals surface area contributed by atoms with Crippen molar-refractivity contribution in [2.75, 3.05) is 7.05 Å². The Morgan fingerprint density at radius 1 is 1.21 bits per heavy atom. The highest BCUT2D eigenvalue weighted by Gasteiger charge is 2.20. The van der Waals surface area contributed by atoms with Gasteiger partial charge in [0.15, 0.2) is 5.65 Å². The Morgan fingerprint density at radius 2 is 2.00 bits per heavy atom. The predicted molar refractivity (Wildman–Crippen MR) is 114 cm³/mol. The van der Waals surface area contributed by atoms with E-state index in [1.165, 1.54) is 11.3 Å². The van der Waals surface area contributed by atoms with E-state index >= 15 is 0 Å². The molecule has 7 heteroatoms. The van der Waals surface area contributed by atoms with Crippen molar-refractivity contribution in [1.82, 2.24) is 19.7 Å². The summed E-state index contributed by atoms with van der Waals surface area (Å²) < 4.78 is 2.54. The minimum absolute atomic E-state index is 0.0650. The molecule has 0 saturated carbocycles. The predicted octanol–water partition coefficient (Wildman–Crippen LogP) is 5.11. The third-order valence-electron chi connectivity index (χ3n) is 4.58. The third-order valence-corrected chi connectivity index (χ3v) is 5.79. The van der Waals surface area contributed by atoms with Gasteiger partial charge in [0.05, 0.1) is 33.7 Å². The van der Waals surface area contributed by atoms with E-state index in [2.05, 4.69) is 5.10 Å². The number of aromatic nitrogens is 3. The van der Waals surface area contributed by atoms with E-state index in [1.807, 2.05) is 60.1 Å². The molecule has 0 aliphatic heterocycles. The number of fused-ring (bicyclic) bond motifs is 1. The van der Waals surface area contributed by atoms with Crippen molar-refractivity contribution in [2.45, 2.75) is 20.0 Å². The summed E-state index contributed by atoms with van der Waals surface area (Å²) in [6, 6.07) is 15.5. The molecule has 1 amide bonds. The van der Waals surface area contributed by atoms with E-state index in [4.69, 9.17) is 16.6 Å². The molecule has 0 unspecified atom stereocenters. The lowest BCUT2D eigenvalue weighted by Crippen LogP contribution is -2.26. The molecule has 142 valence electrons. The molecule has 0 saturated heterocycles. The highest BCUT2D eigenvalue weighted by Crippen LogP contribution is 2.27. The Morgan fingerprint density at radius 3 is 2.68 bits per heavy atom. The highest BCUT2D eigenvalue weighted by atomic mass is 35.5. The zero-order valence-electron chi connectivity index (χ0n) is 15.6. The number of amides is 1. The molecule has 0 aliphatic carbocycles. The molecule has 0 spiro atoms. The maximum atomic E-state index is 13.3. The van der Waals surface area contributed by atoms with Crippen LogP contribution < -0.4 is 0 Å². The van der Waals surface area contributed by atoms with E-state index in [0.29, 0.717) is 18.7 Å². The Bertz CT molecular complexity index is 1140. The Hall–Kier alpha value is -2.70. The summed E-state index contributed by atoms with van der Waals surface area (Å²) in [4.78, 5) is 20.8. The van der Waals surface area contributed by atoms with Crippen LogP contribution in [-0.2, 0) is 13.1 Å². The Labute approximate surface area is 172 Å². The highest BCUT2D eigenvalue weighted by molar-refractivity contribution is 7.16. The fourth-order valence-corrected chi connectivity index (χ4v) is 4.30. The first-order valence-electron chi connectivity index (χ1n) is 8.98. The summed E-state index contributed by atoms with van der Waals surface area (Å²) in [5.74, 6) is -0.0650. The second kappa shape index (κ2) is 7.73. The van der Waals surface area contributed by atoms with Crippen LogP contribution in [0.15, 0.2) is 54.7 Å². The molecule has 4 aromatic rings. The average Bonchev–Trinajstić information content (AvgIpc) is 3.32. The SMILES string of the molecule is CCn1ncc2c(C(=O)N(C)Cc3ccc(Cl)s3)cc(-c3ccccc3)nc21. The van der Waals surface area contributed by atoms with Gasteiger partial charge in [0, 0.05) is 24.0 Å². The van der Waals surface area contributed by atoms with E-state index in [1.54, 1.807) is 18.1 Å². The first kappa shape index (κ1) is 18.7. The number of pyridine rings is 1. The Kier molecular flexibility index (Phi) is 5.15. The lowest BCUT2D eigenvalue weighted by atomic mass is 10.1. The van der Waals surface area contributed by atoms with Crippen molar-refractivity contribution in [3.05, 3.63) is 69.5 Å². The zero-order valence-corrected chi connectivity index (χ0v) is 17.2. The summed E-state index contributed by atoms with van der Waals surface area (Å²) in [5, 5.41) is 5.17. The van der Waals surface area contributed by atoms with Gasteiger partial charge in [-0.05, 0) is 25.1 Å². The molecule has 4 rings (SSSR count). The molecular formula is C21H19ClN4OS. The van der Waals surface area contributed by atoms with Gasteiger partial charge in [-0.2, -0.15) is 5.10 Å². The molecule has 3 heterocycles. The summed E-state index contributed by atoms with van der Waals surface area (Å²) >= 11 is 7.50. The minimum atomic E-state index is -0.0650. The molecule has 0 atom stereocenters. The van der Waals surface area contributed by atoms with Crippen molar-refractivity contribution < 1.29 is 4.79 Å². The van der Waals surface area contributed by atoms with Gasteiger partial charge in [-0.1, -0.05) is 41.9 Å². The number of hydrogen-bond donors (Lipinski definition) is 0. The number of thiophene rings is 1. The third kappa shape index (κ3) is 3.53. The van der Waals surface area contributed by atoms with Crippen molar-refractivity contribution in [3.8, 4) is 11.3 Å². The molecule has 5 nitrogen and oxygen atoms in total. The topological polar surface area (TPSA) is 51.0 Å². The standard InChI is InChI=1S/C21H19ClN4OS/c1-3-26-20-17(12-23-26)16(11-18(24-20)14-7-5-4-6-8-14)21(27)25(2)13-15-9-10-19(22)28-15/h4-12H,3,13H2,1-2H3. The van der Waals surface area contributed by atoms with E-state index < -0.39 is 0 Å². The average molecular weight is 411 g/mol. The number of carbonyl (C=O) groups is 1. The summed E-state index contributed by atoms with van der Waals surface area (Å²) in [6.45, 7) is 3.20. The molecule has 1 aromatic carbocycles. The number of hydrogen-bond acceptors (Lipinski definition) is 4. The molecular weight excluding hydrogens is 392 g/mol. The fourth-order valence-electron chi connectivity index (χ4n) is 3.16. The van der Waals surface area contributed by atoms with Gasteiger partial charge in [-0.3, -0.25) is 4.79 Å². The fraction of sp³-hybridized carbons (Fsp3) is 0.190. The molecule has 3 aromatic heterocycles.